The summed E-state index contributed by atoms with van der Waals surface area (Å²) in [4.78, 5) is 5.19. The Labute approximate surface area is 428 Å². The second-order valence-corrected chi connectivity index (χ2v) is 23.2. The van der Waals surface area contributed by atoms with Crippen molar-refractivity contribution >= 4 is 68.1 Å². The lowest BCUT2D eigenvalue weighted by molar-refractivity contribution is 0.332. The van der Waals surface area contributed by atoms with Crippen molar-refractivity contribution in [3.05, 3.63) is 198 Å². The third-order valence-corrected chi connectivity index (χ3v) is 16.6. The van der Waals surface area contributed by atoms with E-state index in [1.807, 2.05) is 24.3 Å². The van der Waals surface area contributed by atoms with Crippen molar-refractivity contribution < 1.29 is 13.9 Å². The van der Waals surface area contributed by atoms with Crippen LogP contribution in [-0.4, -0.2) is 6.85 Å². The molecule has 0 bridgehead atoms. The highest BCUT2D eigenvalue weighted by Gasteiger charge is 2.49. The summed E-state index contributed by atoms with van der Waals surface area (Å²) in [6, 6.07) is 64.5. The lowest BCUT2D eigenvalue weighted by atomic mass is 9.43. The van der Waals surface area contributed by atoms with Crippen molar-refractivity contribution in [2.24, 2.45) is 0 Å². The van der Waals surface area contributed by atoms with Crippen molar-refractivity contribution in [3.63, 3.8) is 0 Å². The number of rotatable bonds is 4. The molecule has 73 heavy (non-hydrogen) atoms. The van der Waals surface area contributed by atoms with Crippen LogP contribution >= 0.6 is 0 Å². The number of hydrogen-bond donors (Lipinski definition) is 0. The van der Waals surface area contributed by atoms with Gasteiger partial charge < -0.3 is 23.6 Å². The number of fused-ring (bicyclic) bond motifs is 11. The average molecular weight is 949 g/mol. The Balaban J connectivity index is 1.15. The summed E-state index contributed by atoms with van der Waals surface area (Å²) in [7, 11) is 0. The summed E-state index contributed by atoms with van der Waals surface area (Å²) in [5.74, 6) is 2.79. The van der Waals surface area contributed by atoms with Gasteiger partial charge in [0.25, 0.3) is 0 Å². The van der Waals surface area contributed by atoms with Crippen molar-refractivity contribution in [3.8, 4) is 56.4 Å². The Kier molecular flexibility index (Phi) is 9.32. The molecular weight excluding hydrogens is 892 g/mol. The Morgan fingerprint density at radius 2 is 1.12 bits per heavy atom. The zero-order valence-corrected chi connectivity index (χ0v) is 42.9. The lowest BCUT2D eigenvalue weighted by Gasteiger charge is -2.47. The standard InChI is InChI=1S/C67H57BN2O3/c1-40-33-49-50(67(7,8)32-31-66(49,5)6)37-54(40)69-55-39-61-60(71-58-25-17-18-26-59(58)72-61)38-51(55)68-63-48(34-43(35-56(63)69)41-19-11-9-12-20-41)62-53(30-28-46-45-23-15-16-24-57(45)73-64(46)62)70(68)52-29-27-44(65(2,3)4)36-47(52)42-21-13-10-14-22-42/h9-30,33-39H,31-32H2,1-8H3. The second kappa shape index (κ2) is 15.5. The Morgan fingerprint density at radius 3 is 1.84 bits per heavy atom. The smallest absolute Gasteiger partial charge is 0.333 e. The highest BCUT2D eigenvalue weighted by atomic mass is 16.6. The fourth-order valence-electron chi connectivity index (χ4n) is 12.6. The lowest BCUT2D eigenvalue weighted by Crippen LogP contribution is -2.61. The van der Waals surface area contributed by atoms with Crippen LogP contribution in [0, 0.1) is 6.92 Å². The minimum Gasteiger partial charge on any atom is -0.455 e. The predicted molar refractivity (Wildman–Crippen MR) is 304 cm³/mol. The molecule has 14 rings (SSSR count). The number of furan rings is 1. The van der Waals surface area contributed by atoms with Gasteiger partial charge in [-0.3, -0.25) is 0 Å². The Morgan fingerprint density at radius 1 is 0.493 bits per heavy atom. The molecular formula is C67H57BN2O3. The Bertz CT molecular complexity index is 3940. The van der Waals surface area contributed by atoms with E-state index in [1.165, 1.54) is 33.3 Å². The summed E-state index contributed by atoms with van der Waals surface area (Å²) in [6.45, 7) is 18.6. The first-order valence-electron chi connectivity index (χ1n) is 26.0. The first-order chi connectivity index (χ1) is 35.2. The minimum atomic E-state index is -0.322. The topological polar surface area (TPSA) is 38.1 Å². The van der Waals surface area contributed by atoms with Gasteiger partial charge in [-0.05, 0) is 158 Å². The van der Waals surface area contributed by atoms with Crippen LogP contribution in [0.1, 0.15) is 83.6 Å². The van der Waals surface area contributed by atoms with Gasteiger partial charge in [0.05, 0.1) is 0 Å². The van der Waals surface area contributed by atoms with Crippen molar-refractivity contribution in [1.82, 2.24) is 0 Å². The summed E-state index contributed by atoms with van der Waals surface area (Å²) in [5, 5.41) is 2.20. The molecule has 0 spiro atoms. The summed E-state index contributed by atoms with van der Waals surface area (Å²) >= 11 is 0. The quantitative estimate of drug-likeness (QED) is 0.164. The van der Waals surface area contributed by atoms with E-state index in [9.17, 15) is 0 Å². The largest absolute Gasteiger partial charge is 0.455 e. The van der Waals surface area contributed by atoms with Crippen LogP contribution < -0.4 is 30.1 Å². The molecule has 0 N–H and O–H groups in total. The van der Waals surface area contributed by atoms with Crippen LogP contribution in [0.4, 0.5) is 28.4 Å². The fraction of sp³-hybridized carbons (Fsp3) is 0.194. The molecule has 5 nitrogen and oxygen atoms in total. The van der Waals surface area contributed by atoms with Gasteiger partial charge in [-0.25, -0.2) is 0 Å². The maximum Gasteiger partial charge on any atom is 0.333 e. The van der Waals surface area contributed by atoms with E-state index in [-0.39, 0.29) is 23.1 Å². The maximum absolute atomic E-state index is 7.18. The molecule has 6 heteroatoms. The van der Waals surface area contributed by atoms with E-state index in [1.54, 1.807) is 0 Å². The highest BCUT2D eigenvalue weighted by molar-refractivity contribution is 6.94. The molecule has 9 aromatic carbocycles. The molecule has 4 heterocycles. The Hall–Kier alpha value is -7.96. The molecule has 0 amide bonds. The van der Waals surface area contributed by atoms with Gasteiger partial charge >= 0.3 is 6.85 Å². The average Bonchev–Trinajstić information content (AvgIpc) is 3.79. The molecule has 10 aromatic rings. The van der Waals surface area contributed by atoms with E-state index < -0.39 is 0 Å². The van der Waals surface area contributed by atoms with E-state index in [0.717, 1.165) is 96.5 Å². The minimum absolute atomic E-state index is 0.0218. The van der Waals surface area contributed by atoms with Gasteiger partial charge in [0.2, 0.25) is 0 Å². The molecule has 1 aromatic heterocycles. The highest BCUT2D eigenvalue weighted by Crippen LogP contribution is 2.56. The van der Waals surface area contributed by atoms with Crippen molar-refractivity contribution in [1.29, 1.82) is 0 Å². The molecule has 0 radical (unpaired) electrons. The predicted octanol–water partition coefficient (Wildman–Crippen LogP) is 17.5. The van der Waals surface area contributed by atoms with E-state index in [0.29, 0.717) is 23.0 Å². The number of aryl methyl sites for hydroxylation is 1. The SMILES string of the molecule is Cc1cc2c(cc1N1c3cc4c(cc3B3c5c(cc(-c6ccccc6)cc51)-c1c(ccc5c1oc1ccccc15)N3c1ccc(C(C)(C)C)cc1-c1ccccc1)Oc1ccccc1O4)C(C)(C)CCC2(C)C. The molecule has 4 aliphatic rings. The van der Waals surface area contributed by atoms with Crippen LogP contribution in [0.2, 0.25) is 0 Å². The number of hydrogen-bond acceptors (Lipinski definition) is 5. The number of ether oxygens (including phenoxy) is 2. The third kappa shape index (κ3) is 6.62. The summed E-state index contributed by atoms with van der Waals surface area (Å²) in [5.41, 5.74) is 21.7. The molecule has 1 aliphatic carbocycles. The normalized spacial score (nSPS) is 15.6. The molecule has 3 aliphatic heterocycles. The molecule has 356 valence electrons. The van der Waals surface area contributed by atoms with Crippen LogP contribution in [0.15, 0.2) is 180 Å². The van der Waals surface area contributed by atoms with Gasteiger partial charge in [-0.15, -0.1) is 0 Å². The van der Waals surface area contributed by atoms with Gasteiger partial charge in [0, 0.05) is 56.4 Å². The first kappa shape index (κ1) is 43.8. The van der Waals surface area contributed by atoms with E-state index in [4.69, 9.17) is 13.9 Å². The molecule has 0 unspecified atom stereocenters. The summed E-state index contributed by atoms with van der Waals surface area (Å²) < 4.78 is 21.0. The van der Waals surface area contributed by atoms with Crippen LogP contribution in [0.25, 0.3) is 55.3 Å². The van der Waals surface area contributed by atoms with Crippen LogP contribution in [0.3, 0.4) is 0 Å². The zero-order chi connectivity index (χ0) is 49.7. The van der Waals surface area contributed by atoms with Gasteiger partial charge in [0.15, 0.2) is 23.0 Å². The molecule has 0 atom stereocenters. The first-order valence-corrected chi connectivity index (χ1v) is 26.0. The van der Waals surface area contributed by atoms with E-state index >= 15 is 0 Å². The molecule has 0 fully saturated rings. The number of anilines is 5. The monoisotopic (exact) mass is 948 g/mol. The number of benzene rings is 9. The van der Waals surface area contributed by atoms with Gasteiger partial charge in [-0.2, -0.15) is 0 Å². The number of nitrogens with zero attached hydrogens (tertiary/aromatic N) is 2. The maximum atomic E-state index is 7.18. The van der Waals surface area contributed by atoms with Gasteiger partial charge in [-0.1, -0.05) is 152 Å². The van der Waals surface area contributed by atoms with Crippen LogP contribution in [0.5, 0.6) is 23.0 Å². The number of para-hydroxylation sites is 3. The van der Waals surface area contributed by atoms with Crippen LogP contribution in [-0.2, 0) is 16.2 Å². The molecule has 0 saturated heterocycles. The van der Waals surface area contributed by atoms with Gasteiger partial charge in [0.1, 0.15) is 11.2 Å². The van der Waals surface area contributed by atoms with Crippen molar-refractivity contribution in [2.75, 3.05) is 9.71 Å². The third-order valence-electron chi connectivity index (χ3n) is 16.6. The zero-order valence-electron chi connectivity index (χ0n) is 42.9. The van der Waals surface area contributed by atoms with E-state index in [2.05, 4.69) is 217 Å². The van der Waals surface area contributed by atoms with Crippen molar-refractivity contribution in [2.45, 2.75) is 84.5 Å². The summed E-state index contributed by atoms with van der Waals surface area (Å²) in [6.07, 6.45) is 2.26. The fourth-order valence-corrected chi connectivity index (χ4v) is 12.6. The molecule has 0 saturated carbocycles. The second-order valence-electron chi connectivity index (χ2n) is 23.2.